The SMILES string of the molecule is c1ccc(-c2ccc(-c3c4ccccc4c(-c4cc(-c5ccccc5)c5oc6cc(-c7cccc8ccccc78)ccc6c5c4)c4ccccc34)cc2)cc1. The first-order valence-electron chi connectivity index (χ1n) is 18.9. The maximum absolute atomic E-state index is 6.90. The van der Waals surface area contributed by atoms with Crippen LogP contribution in [0.1, 0.15) is 0 Å². The van der Waals surface area contributed by atoms with Gasteiger partial charge in [-0.15, -0.1) is 0 Å². The molecule has 0 N–H and O–H groups in total. The minimum atomic E-state index is 0.888. The number of benzene rings is 10. The molecule has 11 rings (SSSR count). The minimum absolute atomic E-state index is 0.888. The highest BCUT2D eigenvalue weighted by Crippen LogP contribution is 2.47. The first-order chi connectivity index (χ1) is 27.3. The molecule has 0 saturated heterocycles. The zero-order chi connectivity index (χ0) is 36.3. The van der Waals surface area contributed by atoms with Crippen molar-refractivity contribution in [1.82, 2.24) is 0 Å². The van der Waals surface area contributed by atoms with Gasteiger partial charge < -0.3 is 4.42 Å². The van der Waals surface area contributed by atoms with Gasteiger partial charge in [0.15, 0.2) is 0 Å². The Bertz CT molecular complexity index is 3160. The van der Waals surface area contributed by atoms with E-state index in [1.807, 2.05) is 0 Å². The van der Waals surface area contributed by atoms with E-state index in [4.69, 9.17) is 4.42 Å². The summed E-state index contributed by atoms with van der Waals surface area (Å²) < 4.78 is 6.90. The second-order valence-corrected chi connectivity index (χ2v) is 14.4. The first-order valence-corrected chi connectivity index (χ1v) is 18.9. The summed E-state index contributed by atoms with van der Waals surface area (Å²) in [6, 6.07) is 74.6. The zero-order valence-corrected chi connectivity index (χ0v) is 30.0. The van der Waals surface area contributed by atoms with Crippen LogP contribution >= 0.6 is 0 Å². The van der Waals surface area contributed by atoms with E-state index in [9.17, 15) is 0 Å². The molecule has 11 aromatic rings. The predicted molar refractivity (Wildman–Crippen MR) is 233 cm³/mol. The Hall–Kier alpha value is -7.22. The molecule has 1 heteroatoms. The Kier molecular flexibility index (Phi) is 7.25. The van der Waals surface area contributed by atoms with Gasteiger partial charge in [0, 0.05) is 16.3 Å². The number of furan rings is 1. The maximum atomic E-state index is 6.90. The number of hydrogen-bond donors (Lipinski definition) is 0. The molecule has 0 aliphatic carbocycles. The minimum Gasteiger partial charge on any atom is -0.455 e. The van der Waals surface area contributed by atoms with E-state index in [0.717, 1.165) is 38.6 Å². The summed E-state index contributed by atoms with van der Waals surface area (Å²) in [5.74, 6) is 0. The molecule has 0 aliphatic rings. The molecule has 55 heavy (non-hydrogen) atoms. The van der Waals surface area contributed by atoms with Gasteiger partial charge in [-0.1, -0.05) is 182 Å². The number of hydrogen-bond acceptors (Lipinski definition) is 1. The number of rotatable bonds is 5. The maximum Gasteiger partial charge on any atom is 0.143 e. The van der Waals surface area contributed by atoms with Crippen LogP contribution < -0.4 is 0 Å². The molecule has 0 atom stereocenters. The van der Waals surface area contributed by atoms with Gasteiger partial charge in [-0.3, -0.25) is 0 Å². The molecule has 256 valence electrons. The topological polar surface area (TPSA) is 13.1 Å². The van der Waals surface area contributed by atoms with Crippen LogP contribution in [0.5, 0.6) is 0 Å². The van der Waals surface area contributed by atoms with Crippen LogP contribution in [0.25, 0.3) is 110 Å². The molecule has 0 radical (unpaired) electrons. The van der Waals surface area contributed by atoms with Gasteiger partial charge in [0.1, 0.15) is 11.2 Å². The van der Waals surface area contributed by atoms with E-state index in [0.29, 0.717) is 0 Å². The zero-order valence-electron chi connectivity index (χ0n) is 30.0. The van der Waals surface area contributed by atoms with Gasteiger partial charge in [-0.05, 0) is 107 Å². The van der Waals surface area contributed by atoms with Crippen molar-refractivity contribution in [2.24, 2.45) is 0 Å². The second-order valence-electron chi connectivity index (χ2n) is 14.4. The Morgan fingerprint density at radius 3 is 1.44 bits per heavy atom. The van der Waals surface area contributed by atoms with Crippen molar-refractivity contribution < 1.29 is 4.42 Å². The highest BCUT2D eigenvalue weighted by atomic mass is 16.3. The van der Waals surface area contributed by atoms with E-state index < -0.39 is 0 Å². The normalized spacial score (nSPS) is 11.6. The molecule has 0 unspecified atom stereocenters. The fraction of sp³-hybridized carbons (Fsp3) is 0. The summed E-state index contributed by atoms with van der Waals surface area (Å²) in [4.78, 5) is 0. The molecule has 1 aromatic heterocycles. The third-order valence-corrected chi connectivity index (χ3v) is 11.3. The molecule has 0 fully saturated rings. The molecule has 0 saturated carbocycles. The van der Waals surface area contributed by atoms with Crippen molar-refractivity contribution in [3.8, 4) is 55.6 Å². The van der Waals surface area contributed by atoms with Crippen LogP contribution in [0.3, 0.4) is 0 Å². The standard InChI is InChI=1S/C54H34O/c1-3-14-35(15-4-1)36-26-28-39(29-27-36)52-45-21-9-11-23-47(45)53(48-24-12-10-22-46(48)52)41-32-49(38-16-5-2-6-17-38)54-50(33-41)44-31-30-40(34-51(44)55-54)43-25-13-19-37-18-7-8-20-42(37)43/h1-34H. The fourth-order valence-corrected chi connectivity index (χ4v) is 8.71. The van der Waals surface area contributed by atoms with Crippen LogP contribution in [0.4, 0.5) is 0 Å². The lowest BCUT2D eigenvalue weighted by Gasteiger charge is -2.18. The van der Waals surface area contributed by atoms with Crippen molar-refractivity contribution in [3.05, 3.63) is 206 Å². The van der Waals surface area contributed by atoms with Gasteiger partial charge in [0.25, 0.3) is 0 Å². The van der Waals surface area contributed by atoms with Gasteiger partial charge in [-0.25, -0.2) is 0 Å². The molecule has 0 amide bonds. The number of fused-ring (bicyclic) bond motifs is 6. The van der Waals surface area contributed by atoms with Crippen LogP contribution in [-0.2, 0) is 0 Å². The van der Waals surface area contributed by atoms with Crippen LogP contribution in [0.2, 0.25) is 0 Å². The third-order valence-electron chi connectivity index (χ3n) is 11.3. The van der Waals surface area contributed by atoms with E-state index in [1.165, 1.54) is 71.3 Å². The summed E-state index contributed by atoms with van der Waals surface area (Å²) >= 11 is 0. The van der Waals surface area contributed by atoms with Crippen LogP contribution in [-0.4, -0.2) is 0 Å². The third kappa shape index (κ3) is 5.16. The summed E-state index contributed by atoms with van der Waals surface area (Å²) in [5, 5.41) is 9.63. The van der Waals surface area contributed by atoms with E-state index in [-0.39, 0.29) is 0 Å². The van der Waals surface area contributed by atoms with E-state index in [1.54, 1.807) is 0 Å². The van der Waals surface area contributed by atoms with Crippen molar-refractivity contribution in [2.75, 3.05) is 0 Å². The van der Waals surface area contributed by atoms with Crippen LogP contribution in [0, 0.1) is 0 Å². The predicted octanol–water partition coefficient (Wildman–Crippen LogP) is 15.4. The fourth-order valence-electron chi connectivity index (χ4n) is 8.71. The largest absolute Gasteiger partial charge is 0.455 e. The summed E-state index contributed by atoms with van der Waals surface area (Å²) in [6.07, 6.45) is 0. The summed E-state index contributed by atoms with van der Waals surface area (Å²) in [5.41, 5.74) is 13.7. The lowest BCUT2D eigenvalue weighted by molar-refractivity contribution is 0.670. The quantitative estimate of drug-likeness (QED) is 0.163. The van der Waals surface area contributed by atoms with Crippen LogP contribution in [0.15, 0.2) is 211 Å². The molecular weight excluding hydrogens is 665 g/mol. The molecule has 0 bridgehead atoms. The molecular formula is C54H34O. The monoisotopic (exact) mass is 698 g/mol. The molecule has 0 aliphatic heterocycles. The van der Waals surface area contributed by atoms with Crippen molar-refractivity contribution in [3.63, 3.8) is 0 Å². The second kappa shape index (κ2) is 12.7. The van der Waals surface area contributed by atoms with Crippen molar-refractivity contribution >= 4 is 54.3 Å². The van der Waals surface area contributed by atoms with Gasteiger partial charge in [0.05, 0.1) is 0 Å². The molecule has 0 spiro atoms. The molecule has 10 aromatic carbocycles. The summed E-state index contributed by atoms with van der Waals surface area (Å²) in [7, 11) is 0. The van der Waals surface area contributed by atoms with E-state index >= 15 is 0 Å². The molecule has 1 heterocycles. The van der Waals surface area contributed by atoms with Gasteiger partial charge >= 0.3 is 0 Å². The smallest absolute Gasteiger partial charge is 0.143 e. The van der Waals surface area contributed by atoms with Crippen molar-refractivity contribution in [1.29, 1.82) is 0 Å². The highest BCUT2D eigenvalue weighted by Gasteiger charge is 2.21. The Balaban J connectivity index is 1.16. The highest BCUT2D eigenvalue weighted by molar-refractivity contribution is 6.23. The molecule has 1 nitrogen and oxygen atoms in total. The summed E-state index contributed by atoms with van der Waals surface area (Å²) in [6.45, 7) is 0. The Labute approximate surface area is 319 Å². The van der Waals surface area contributed by atoms with Crippen molar-refractivity contribution in [2.45, 2.75) is 0 Å². The Morgan fingerprint density at radius 2 is 0.764 bits per heavy atom. The van der Waals surface area contributed by atoms with Gasteiger partial charge in [-0.2, -0.15) is 0 Å². The van der Waals surface area contributed by atoms with E-state index in [2.05, 4.69) is 206 Å². The average Bonchev–Trinajstić information content (AvgIpc) is 3.63. The first kappa shape index (κ1) is 31.3. The lowest BCUT2D eigenvalue weighted by Crippen LogP contribution is -1.92. The van der Waals surface area contributed by atoms with Gasteiger partial charge in [0.2, 0.25) is 0 Å². The average molecular weight is 699 g/mol. The lowest BCUT2D eigenvalue weighted by atomic mass is 9.84. The Morgan fingerprint density at radius 1 is 0.255 bits per heavy atom.